The summed E-state index contributed by atoms with van der Waals surface area (Å²) < 4.78 is 52.6. The van der Waals surface area contributed by atoms with Crippen LogP contribution < -0.4 is 0 Å². The number of likely N-dealkylation sites (N-methyl/N-ethyl adjacent to an activating group) is 1. The van der Waals surface area contributed by atoms with Crippen molar-refractivity contribution in [3.63, 3.8) is 0 Å². The number of halogens is 5. The summed E-state index contributed by atoms with van der Waals surface area (Å²) in [5, 5.41) is 2.06. The van der Waals surface area contributed by atoms with E-state index < -0.39 is 21.5 Å². The van der Waals surface area contributed by atoms with Crippen LogP contribution in [0.2, 0.25) is 15.1 Å². The molecule has 0 spiro atoms. The Morgan fingerprint density at radius 2 is 1.24 bits per heavy atom. The molecule has 1 aliphatic heterocycles. The van der Waals surface area contributed by atoms with Gasteiger partial charge in [0.1, 0.15) is 11.6 Å². The average molecular weight is 774 g/mol. The lowest BCUT2D eigenvalue weighted by Crippen LogP contribution is -2.52. The van der Waals surface area contributed by atoms with Gasteiger partial charge in [0, 0.05) is 51.9 Å². The van der Waals surface area contributed by atoms with Crippen LogP contribution in [0.3, 0.4) is 0 Å². The van der Waals surface area contributed by atoms with Crippen molar-refractivity contribution >= 4 is 49.5 Å². The predicted molar refractivity (Wildman–Crippen MR) is 208 cm³/mol. The fraction of sp³-hybridized carbons (Fsp3) is 0.366. The zero-order valence-electron chi connectivity index (χ0n) is 29.6. The first-order valence-corrected chi connectivity index (χ1v) is 20.2. The Balaban J connectivity index is 0.000000226. The first kappa shape index (κ1) is 39.4. The van der Waals surface area contributed by atoms with Crippen LogP contribution in [-0.4, -0.2) is 57.7 Å². The molecule has 1 heterocycles. The molecule has 0 bridgehead atoms. The van der Waals surface area contributed by atoms with Crippen molar-refractivity contribution in [2.45, 2.75) is 57.0 Å². The highest BCUT2D eigenvalue weighted by atomic mass is 35.5. The Kier molecular flexibility index (Phi) is 12.7. The average Bonchev–Trinajstić information content (AvgIpc) is 3.00. The normalized spacial score (nSPS) is 16.4. The van der Waals surface area contributed by atoms with Gasteiger partial charge in [-0.05, 0) is 116 Å². The Hall–Kier alpha value is -2.78. The lowest BCUT2D eigenvalue weighted by Gasteiger charge is -2.51. The summed E-state index contributed by atoms with van der Waals surface area (Å²) >= 11 is 18.1. The van der Waals surface area contributed by atoms with Crippen LogP contribution >= 0.6 is 34.8 Å². The third-order valence-electron chi connectivity index (χ3n) is 9.96. The second kappa shape index (κ2) is 16.5. The maximum Gasteiger partial charge on any atom is 0.176 e. The van der Waals surface area contributed by atoms with Gasteiger partial charge < -0.3 is 4.90 Å². The van der Waals surface area contributed by atoms with E-state index in [1.807, 2.05) is 36.4 Å². The third-order valence-corrected chi connectivity index (χ3v) is 12.0. The van der Waals surface area contributed by atoms with Gasteiger partial charge in [-0.25, -0.2) is 17.2 Å². The molecule has 0 radical (unpaired) electrons. The standard InChI is InChI=1S/C24H19Cl2F2NO2S.C17H26ClN/c1-32(30,31)24(17-10-21(27)12-22(28)11-17)18-13-29(14-18)23(15-2-6-19(25)7-3-15)16-4-8-20(26)9-5-16;1-13(2)12-16(19(3)4)17(10-5-11-17)14-6-8-15(18)9-7-14/h2-12,23H,13-14H2,1H3;6-9,13,16H,5,10-12H2,1-4H3. The van der Waals surface area contributed by atoms with Gasteiger partial charge in [-0.3, -0.25) is 4.90 Å². The van der Waals surface area contributed by atoms with Crippen LogP contribution in [-0.2, 0) is 15.3 Å². The number of hydrogen-bond acceptors (Lipinski definition) is 4. The highest BCUT2D eigenvalue weighted by molar-refractivity contribution is 8.00. The van der Waals surface area contributed by atoms with Crippen LogP contribution in [0.4, 0.5) is 8.78 Å². The Morgan fingerprint density at radius 3 is 1.61 bits per heavy atom. The molecule has 272 valence electrons. The molecule has 1 saturated heterocycles. The molecule has 6 rings (SSSR count). The molecule has 1 atom stereocenters. The van der Waals surface area contributed by atoms with E-state index in [1.165, 1.54) is 31.2 Å². The van der Waals surface area contributed by atoms with Crippen molar-refractivity contribution in [1.82, 2.24) is 9.80 Å². The maximum absolute atomic E-state index is 13.8. The summed E-state index contributed by atoms with van der Waals surface area (Å²) in [5.74, 6) is -0.909. The first-order chi connectivity index (χ1) is 24.1. The minimum atomic E-state index is -3.72. The van der Waals surface area contributed by atoms with Crippen LogP contribution in [0.1, 0.15) is 67.8 Å². The van der Waals surface area contributed by atoms with E-state index in [-0.39, 0.29) is 16.5 Å². The van der Waals surface area contributed by atoms with E-state index in [0.29, 0.717) is 40.2 Å². The Morgan fingerprint density at radius 1 is 0.784 bits per heavy atom. The topological polar surface area (TPSA) is 40.6 Å². The van der Waals surface area contributed by atoms with E-state index in [2.05, 4.69) is 49.9 Å². The molecule has 0 amide bonds. The van der Waals surface area contributed by atoms with Gasteiger partial charge >= 0.3 is 0 Å². The minimum absolute atomic E-state index is 0.0224. The van der Waals surface area contributed by atoms with Gasteiger partial charge in [-0.2, -0.15) is 0 Å². The van der Waals surface area contributed by atoms with Gasteiger partial charge in [-0.15, -0.1) is 0 Å². The largest absolute Gasteiger partial charge is 0.306 e. The summed E-state index contributed by atoms with van der Waals surface area (Å²) in [4.78, 5) is 4.48. The summed E-state index contributed by atoms with van der Waals surface area (Å²) in [6.07, 6.45) is 6.28. The molecule has 0 aromatic heterocycles. The predicted octanol–water partition coefficient (Wildman–Crippen LogP) is 10.9. The Bertz CT molecular complexity index is 1870. The number of benzene rings is 4. The van der Waals surface area contributed by atoms with Gasteiger partial charge in [0.15, 0.2) is 9.84 Å². The fourth-order valence-corrected chi connectivity index (χ4v) is 9.15. The van der Waals surface area contributed by atoms with Gasteiger partial charge in [0.05, 0.1) is 10.9 Å². The van der Waals surface area contributed by atoms with Gasteiger partial charge in [0.25, 0.3) is 0 Å². The van der Waals surface area contributed by atoms with Crippen molar-refractivity contribution in [2.24, 2.45) is 5.92 Å². The summed E-state index contributed by atoms with van der Waals surface area (Å²) in [6.45, 7) is 5.31. The summed E-state index contributed by atoms with van der Waals surface area (Å²) in [7, 11) is 0.734. The minimum Gasteiger partial charge on any atom is -0.306 e. The molecule has 4 nitrogen and oxygen atoms in total. The Labute approximate surface area is 316 Å². The third kappa shape index (κ3) is 9.42. The molecule has 0 N–H and O–H groups in total. The quantitative estimate of drug-likeness (QED) is 0.161. The molecule has 10 heteroatoms. The second-order valence-corrected chi connectivity index (χ2v) is 17.7. The number of likely N-dealkylation sites (tertiary alicyclic amines) is 1. The van der Waals surface area contributed by atoms with Crippen LogP contribution in [0.5, 0.6) is 0 Å². The number of rotatable bonds is 10. The van der Waals surface area contributed by atoms with Crippen molar-refractivity contribution < 1.29 is 17.2 Å². The molecular formula is C41H45Cl3F2N2O2S. The monoisotopic (exact) mass is 772 g/mol. The lowest BCUT2D eigenvalue weighted by molar-refractivity contribution is 0.0808. The molecule has 51 heavy (non-hydrogen) atoms. The van der Waals surface area contributed by atoms with Crippen molar-refractivity contribution in [3.8, 4) is 0 Å². The van der Waals surface area contributed by atoms with Gasteiger partial charge in [-0.1, -0.05) is 91.5 Å². The van der Waals surface area contributed by atoms with Crippen molar-refractivity contribution in [1.29, 1.82) is 0 Å². The van der Waals surface area contributed by atoms with Crippen LogP contribution in [0.25, 0.3) is 4.91 Å². The highest BCUT2D eigenvalue weighted by Gasteiger charge is 2.46. The molecule has 2 fully saturated rings. The maximum atomic E-state index is 13.8. The molecule has 4 aromatic rings. The van der Waals surface area contributed by atoms with Crippen molar-refractivity contribution in [3.05, 3.63) is 146 Å². The molecule has 4 aromatic carbocycles. The van der Waals surface area contributed by atoms with E-state index >= 15 is 0 Å². The number of hydrogen-bond donors (Lipinski definition) is 0. The smallest absolute Gasteiger partial charge is 0.176 e. The van der Waals surface area contributed by atoms with E-state index in [9.17, 15) is 17.2 Å². The fourth-order valence-electron chi connectivity index (χ4n) is 7.57. The zero-order chi connectivity index (χ0) is 37.1. The lowest BCUT2D eigenvalue weighted by atomic mass is 9.58. The van der Waals surface area contributed by atoms with Crippen LogP contribution in [0, 0.1) is 17.6 Å². The second-order valence-electron chi connectivity index (χ2n) is 14.4. The van der Waals surface area contributed by atoms with E-state index in [1.54, 1.807) is 24.3 Å². The summed E-state index contributed by atoms with van der Waals surface area (Å²) in [5.41, 5.74) is 4.40. The van der Waals surface area contributed by atoms with Crippen molar-refractivity contribution in [2.75, 3.05) is 33.4 Å². The number of sulfone groups is 1. The molecule has 1 aliphatic carbocycles. The number of nitrogens with zero attached hydrogens (tertiary/aromatic N) is 2. The SMILES string of the molecule is CC(C)CC(N(C)C)C1(c2ccc(Cl)cc2)CCC1.CS(=O)(=O)C(=C1CN(C(c2ccc(Cl)cc2)c2ccc(Cl)cc2)C1)c1cc(F)cc(F)c1. The van der Waals surface area contributed by atoms with E-state index in [4.69, 9.17) is 34.8 Å². The molecule has 1 saturated carbocycles. The van der Waals surface area contributed by atoms with Crippen LogP contribution in [0.15, 0.2) is 96.6 Å². The highest BCUT2D eigenvalue weighted by Crippen LogP contribution is 2.49. The molecule has 2 aliphatic rings. The van der Waals surface area contributed by atoms with Gasteiger partial charge in [0.2, 0.25) is 0 Å². The summed E-state index contributed by atoms with van der Waals surface area (Å²) in [6, 6.07) is 26.7. The zero-order valence-corrected chi connectivity index (χ0v) is 32.7. The molecule has 1 unspecified atom stereocenters. The molecular weight excluding hydrogens is 729 g/mol. The first-order valence-electron chi connectivity index (χ1n) is 17.1. The van der Waals surface area contributed by atoms with E-state index in [0.717, 1.165) is 46.5 Å².